The number of hydrogen-bond donors (Lipinski definition) is 0. The molecule has 0 fully saturated rings. The van der Waals surface area contributed by atoms with Crippen molar-refractivity contribution in [3.8, 4) is 17.2 Å². The molecule has 0 atom stereocenters. The van der Waals surface area contributed by atoms with Crippen LogP contribution in [-0.2, 0) is 0 Å². The number of Topliss-reactive ketones (excluding diaryl/α,β-unsaturated/α-hetero) is 1. The predicted octanol–water partition coefficient (Wildman–Crippen LogP) is 3.32. The molecule has 0 aliphatic carbocycles. The summed E-state index contributed by atoms with van der Waals surface area (Å²) in [6.45, 7) is 0. The van der Waals surface area contributed by atoms with Gasteiger partial charge in [0, 0.05) is 6.07 Å². The topological polar surface area (TPSA) is 44.8 Å². The van der Waals surface area contributed by atoms with Gasteiger partial charge in [0.15, 0.2) is 5.76 Å². The van der Waals surface area contributed by atoms with Gasteiger partial charge in [0.05, 0.1) is 19.8 Å². The van der Waals surface area contributed by atoms with Crippen LogP contribution in [0.2, 0.25) is 0 Å². The third-order valence-electron chi connectivity index (χ3n) is 3.27. The summed E-state index contributed by atoms with van der Waals surface area (Å²) in [5, 5.41) is 0. The molecule has 0 spiro atoms. The molecule has 106 valence electrons. The Bertz CT molecular complexity index is 731. The summed E-state index contributed by atoms with van der Waals surface area (Å²) in [5.41, 5.74) is 1.39. The minimum atomic E-state index is -0.129. The predicted molar refractivity (Wildman–Crippen MR) is 78.9 cm³/mol. The van der Waals surface area contributed by atoms with Gasteiger partial charge in [-0.2, -0.15) is 0 Å². The van der Waals surface area contributed by atoms with Crippen molar-refractivity contribution in [2.24, 2.45) is 0 Å². The molecule has 0 saturated heterocycles. The zero-order chi connectivity index (χ0) is 14.8. The molecule has 4 nitrogen and oxygen atoms in total. The number of fused-ring (bicyclic) bond motifs is 1. The molecule has 0 unspecified atom stereocenters. The molecule has 21 heavy (non-hydrogen) atoms. The van der Waals surface area contributed by atoms with Gasteiger partial charge in [0.2, 0.25) is 5.78 Å². The third-order valence-corrected chi connectivity index (χ3v) is 3.27. The number of ether oxygens (including phenoxy) is 3. The minimum Gasteiger partial charge on any atom is -0.497 e. The van der Waals surface area contributed by atoms with Crippen molar-refractivity contribution in [2.45, 2.75) is 0 Å². The highest BCUT2D eigenvalue weighted by atomic mass is 16.5. The first-order valence-electron chi connectivity index (χ1n) is 6.47. The molecule has 1 heterocycles. The van der Waals surface area contributed by atoms with Crippen LogP contribution < -0.4 is 14.2 Å². The van der Waals surface area contributed by atoms with Crippen LogP contribution in [0.25, 0.3) is 6.08 Å². The smallest absolute Gasteiger partial charge is 0.231 e. The van der Waals surface area contributed by atoms with Crippen LogP contribution in [0.5, 0.6) is 17.2 Å². The van der Waals surface area contributed by atoms with Crippen LogP contribution in [0.4, 0.5) is 0 Å². The lowest BCUT2D eigenvalue weighted by atomic mass is 10.1. The lowest BCUT2D eigenvalue weighted by Gasteiger charge is -2.02. The summed E-state index contributed by atoms with van der Waals surface area (Å²) in [6, 6.07) is 12.6. The number of hydrogen-bond acceptors (Lipinski definition) is 4. The van der Waals surface area contributed by atoms with E-state index in [4.69, 9.17) is 14.2 Å². The van der Waals surface area contributed by atoms with Gasteiger partial charge in [-0.15, -0.1) is 0 Å². The lowest BCUT2D eigenvalue weighted by molar-refractivity contribution is 0.101. The number of rotatable bonds is 3. The Morgan fingerprint density at radius 1 is 1.00 bits per heavy atom. The van der Waals surface area contributed by atoms with Gasteiger partial charge in [-0.3, -0.25) is 4.79 Å². The molecule has 0 amide bonds. The monoisotopic (exact) mass is 282 g/mol. The molecule has 2 aromatic rings. The van der Waals surface area contributed by atoms with Gasteiger partial charge in [0.25, 0.3) is 0 Å². The van der Waals surface area contributed by atoms with E-state index in [1.165, 1.54) is 0 Å². The maximum absolute atomic E-state index is 12.3. The van der Waals surface area contributed by atoms with Crippen molar-refractivity contribution in [1.82, 2.24) is 0 Å². The maximum Gasteiger partial charge on any atom is 0.231 e. The number of carbonyl (C=O) groups excluding carboxylic acids is 1. The van der Waals surface area contributed by atoms with E-state index in [0.29, 0.717) is 22.8 Å². The van der Waals surface area contributed by atoms with E-state index in [1.807, 2.05) is 24.3 Å². The van der Waals surface area contributed by atoms with Gasteiger partial charge >= 0.3 is 0 Å². The molecule has 2 aromatic carbocycles. The van der Waals surface area contributed by atoms with E-state index < -0.39 is 0 Å². The molecule has 0 N–H and O–H groups in total. The fourth-order valence-corrected chi connectivity index (χ4v) is 2.18. The fourth-order valence-electron chi connectivity index (χ4n) is 2.18. The van der Waals surface area contributed by atoms with Crippen molar-refractivity contribution in [2.75, 3.05) is 14.2 Å². The Kier molecular flexibility index (Phi) is 3.36. The molecule has 4 heteroatoms. The molecule has 1 aliphatic rings. The van der Waals surface area contributed by atoms with E-state index in [0.717, 1.165) is 11.3 Å². The summed E-state index contributed by atoms with van der Waals surface area (Å²) in [5.74, 6) is 2.08. The molecule has 0 radical (unpaired) electrons. The fraction of sp³-hybridized carbons (Fsp3) is 0.118. The first-order valence-corrected chi connectivity index (χ1v) is 6.47. The molecule has 0 aromatic heterocycles. The van der Waals surface area contributed by atoms with E-state index in [2.05, 4.69) is 0 Å². The van der Waals surface area contributed by atoms with E-state index in [1.54, 1.807) is 38.5 Å². The summed E-state index contributed by atoms with van der Waals surface area (Å²) in [6.07, 6.45) is 1.71. The Balaban J connectivity index is 1.94. The molecule has 0 bridgehead atoms. The summed E-state index contributed by atoms with van der Waals surface area (Å²) >= 11 is 0. The summed E-state index contributed by atoms with van der Waals surface area (Å²) in [4.78, 5) is 12.3. The molecule has 3 rings (SSSR count). The van der Waals surface area contributed by atoms with Gasteiger partial charge < -0.3 is 14.2 Å². The van der Waals surface area contributed by atoms with Crippen molar-refractivity contribution in [3.63, 3.8) is 0 Å². The first-order chi connectivity index (χ1) is 10.2. The highest BCUT2D eigenvalue weighted by molar-refractivity contribution is 6.14. The van der Waals surface area contributed by atoms with Crippen molar-refractivity contribution < 1.29 is 19.0 Å². The molecular weight excluding hydrogens is 268 g/mol. The SMILES string of the molecule is COc1cccc(C=C2Oc3cc(OC)ccc3C2=O)c1. The number of allylic oxidation sites excluding steroid dienone is 1. The van der Waals surface area contributed by atoms with Crippen LogP contribution in [0.1, 0.15) is 15.9 Å². The van der Waals surface area contributed by atoms with Crippen molar-refractivity contribution >= 4 is 11.9 Å². The average molecular weight is 282 g/mol. The van der Waals surface area contributed by atoms with Gasteiger partial charge in [-0.1, -0.05) is 12.1 Å². The standard InChI is InChI=1S/C17H14O4/c1-19-12-5-3-4-11(8-12)9-16-17(18)14-7-6-13(20-2)10-15(14)21-16/h3-10H,1-2H3. The highest BCUT2D eigenvalue weighted by Gasteiger charge is 2.27. The maximum atomic E-state index is 12.3. The lowest BCUT2D eigenvalue weighted by Crippen LogP contribution is -1.98. The summed E-state index contributed by atoms with van der Waals surface area (Å²) < 4.78 is 15.9. The zero-order valence-electron chi connectivity index (χ0n) is 11.8. The highest BCUT2D eigenvalue weighted by Crippen LogP contribution is 2.34. The average Bonchev–Trinajstić information content (AvgIpc) is 2.83. The van der Waals surface area contributed by atoms with Gasteiger partial charge in [-0.05, 0) is 35.9 Å². The molecule has 0 saturated carbocycles. The molecule has 1 aliphatic heterocycles. The van der Waals surface area contributed by atoms with Crippen LogP contribution in [0, 0.1) is 0 Å². The summed E-state index contributed by atoms with van der Waals surface area (Å²) in [7, 11) is 3.18. The second kappa shape index (κ2) is 5.32. The van der Waals surface area contributed by atoms with Crippen LogP contribution in [0.3, 0.4) is 0 Å². The number of benzene rings is 2. The number of methoxy groups -OCH3 is 2. The Hall–Kier alpha value is -2.75. The van der Waals surface area contributed by atoms with Crippen LogP contribution in [-0.4, -0.2) is 20.0 Å². The van der Waals surface area contributed by atoms with Crippen LogP contribution in [0.15, 0.2) is 48.2 Å². The van der Waals surface area contributed by atoms with Crippen molar-refractivity contribution in [3.05, 3.63) is 59.4 Å². The Labute approximate surface area is 122 Å². The quantitative estimate of drug-likeness (QED) is 0.810. The molecular formula is C17H14O4. The number of ketones is 1. The second-order valence-electron chi connectivity index (χ2n) is 4.58. The third kappa shape index (κ3) is 2.48. The van der Waals surface area contributed by atoms with Gasteiger partial charge in [-0.25, -0.2) is 0 Å². The van der Waals surface area contributed by atoms with E-state index in [-0.39, 0.29) is 5.78 Å². The normalized spacial score (nSPS) is 14.8. The zero-order valence-corrected chi connectivity index (χ0v) is 11.8. The Morgan fingerprint density at radius 3 is 2.52 bits per heavy atom. The van der Waals surface area contributed by atoms with Crippen LogP contribution >= 0.6 is 0 Å². The van der Waals surface area contributed by atoms with Crippen molar-refractivity contribution in [1.29, 1.82) is 0 Å². The largest absolute Gasteiger partial charge is 0.497 e. The minimum absolute atomic E-state index is 0.129. The number of carbonyl (C=O) groups is 1. The van der Waals surface area contributed by atoms with E-state index >= 15 is 0 Å². The first kappa shape index (κ1) is 13.2. The van der Waals surface area contributed by atoms with Gasteiger partial charge in [0.1, 0.15) is 17.2 Å². The van der Waals surface area contributed by atoms with E-state index in [9.17, 15) is 4.79 Å². The second-order valence-corrected chi connectivity index (χ2v) is 4.58. The Morgan fingerprint density at radius 2 is 1.76 bits per heavy atom.